The van der Waals surface area contributed by atoms with E-state index in [0.717, 1.165) is 35.1 Å². The number of nitriles is 1. The van der Waals surface area contributed by atoms with E-state index in [1.54, 1.807) is 6.07 Å². The van der Waals surface area contributed by atoms with Crippen LogP contribution in [-0.4, -0.2) is 40.6 Å². The summed E-state index contributed by atoms with van der Waals surface area (Å²) in [6.45, 7) is 7.52. The van der Waals surface area contributed by atoms with E-state index in [1.165, 1.54) is 12.1 Å². The monoisotopic (exact) mass is 539 g/mol. The van der Waals surface area contributed by atoms with Gasteiger partial charge >= 0.3 is 6.09 Å². The van der Waals surface area contributed by atoms with Gasteiger partial charge in [0, 0.05) is 23.7 Å². The van der Waals surface area contributed by atoms with Gasteiger partial charge in [0.25, 0.3) is 5.91 Å². The lowest BCUT2D eigenvalue weighted by atomic mass is 9.91. The third kappa shape index (κ3) is 5.72. The zero-order valence-corrected chi connectivity index (χ0v) is 23.3. The Morgan fingerprint density at radius 2 is 1.60 bits per heavy atom. The molecule has 0 radical (unpaired) electrons. The van der Waals surface area contributed by atoms with E-state index >= 15 is 0 Å². The minimum absolute atomic E-state index is 0.0210. The lowest BCUT2D eigenvalue weighted by Crippen LogP contribution is -2.53. The van der Waals surface area contributed by atoms with Crippen LogP contribution in [0.5, 0.6) is 0 Å². The molecular formula is C33H34FN3O3. The molecule has 3 aromatic carbocycles. The lowest BCUT2D eigenvalue weighted by Gasteiger charge is -2.39. The number of nitrogens with one attached hydrogen (secondary N) is 1. The summed E-state index contributed by atoms with van der Waals surface area (Å²) in [6, 6.07) is 20.1. The van der Waals surface area contributed by atoms with E-state index in [4.69, 9.17) is 4.74 Å². The van der Waals surface area contributed by atoms with E-state index in [9.17, 15) is 19.2 Å². The molecule has 2 saturated heterocycles. The zero-order chi connectivity index (χ0) is 28.6. The number of fused-ring (bicyclic) bond motifs is 2. The SMILES string of the molecule is Cc1ccc(-c2ccc(C(=O)N3C4CCC3CC(NC(=O)OC(C)(C)C)C4)cc2-c2ccc(C#N)c(F)c2)cc1. The highest BCUT2D eigenvalue weighted by molar-refractivity contribution is 5.98. The van der Waals surface area contributed by atoms with Gasteiger partial charge in [-0.25, -0.2) is 9.18 Å². The first kappa shape index (κ1) is 27.4. The van der Waals surface area contributed by atoms with E-state index < -0.39 is 17.5 Å². The molecule has 2 amide bonds. The number of amides is 2. The van der Waals surface area contributed by atoms with Gasteiger partial charge in [-0.15, -0.1) is 0 Å². The third-order valence-electron chi connectivity index (χ3n) is 7.72. The molecule has 206 valence electrons. The van der Waals surface area contributed by atoms with Crippen LogP contribution in [0.25, 0.3) is 22.3 Å². The summed E-state index contributed by atoms with van der Waals surface area (Å²) in [5.41, 5.74) is 4.24. The summed E-state index contributed by atoms with van der Waals surface area (Å²) in [7, 11) is 0. The van der Waals surface area contributed by atoms with Gasteiger partial charge in [0.05, 0.1) is 5.56 Å². The predicted octanol–water partition coefficient (Wildman–Crippen LogP) is 7.00. The first-order valence-corrected chi connectivity index (χ1v) is 13.8. The standard InChI is InChI=1S/C33H34FN3O3/c1-20-5-7-21(8-6-20)28-14-11-23(15-29(28)22-9-10-24(19-35)30(34)16-22)31(38)37-26-12-13-27(37)18-25(17-26)36-32(39)40-33(2,3)4/h5-11,14-16,25-27H,12-13,17-18H2,1-4H3,(H,36,39). The molecule has 5 rings (SSSR count). The number of piperidine rings is 1. The number of hydrogen-bond acceptors (Lipinski definition) is 4. The topological polar surface area (TPSA) is 82.4 Å². The molecule has 0 spiro atoms. The maximum absolute atomic E-state index is 14.7. The number of hydrogen-bond donors (Lipinski definition) is 1. The minimum atomic E-state index is -0.593. The van der Waals surface area contributed by atoms with Crippen molar-refractivity contribution in [3.8, 4) is 28.3 Å². The molecule has 2 aliphatic heterocycles. The van der Waals surface area contributed by atoms with E-state index in [-0.39, 0.29) is 29.6 Å². The Hall–Kier alpha value is -4.18. The van der Waals surface area contributed by atoms with Gasteiger partial charge in [0.15, 0.2) is 0 Å². The molecule has 3 aromatic rings. The molecule has 2 atom stereocenters. The molecule has 40 heavy (non-hydrogen) atoms. The third-order valence-corrected chi connectivity index (χ3v) is 7.72. The van der Waals surface area contributed by atoms with Crippen molar-refractivity contribution in [3.63, 3.8) is 0 Å². The van der Waals surface area contributed by atoms with Gasteiger partial charge in [0.2, 0.25) is 0 Å². The van der Waals surface area contributed by atoms with Gasteiger partial charge in [-0.05, 0) is 99.9 Å². The van der Waals surface area contributed by atoms with Crippen molar-refractivity contribution in [1.29, 1.82) is 5.26 Å². The van der Waals surface area contributed by atoms with Crippen molar-refractivity contribution in [3.05, 3.63) is 83.2 Å². The fourth-order valence-electron chi connectivity index (χ4n) is 5.92. The second-order valence-electron chi connectivity index (χ2n) is 11.8. The summed E-state index contributed by atoms with van der Waals surface area (Å²) >= 11 is 0. The number of carbonyl (C=O) groups is 2. The normalized spacial score (nSPS) is 20.1. The van der Waals surface area contributed by atoms with Crippen molar-refractivity contribution in [1.82, 2.24) is 10.2 Å². The highest BCUT2D eigenvalue weighted by Gasteiger charge is 2.44. The van der Waals surface area contributed by atoms with Crippen molar-refractivity contribution in [2.45, 2.75) is 77.1 Å². The molecule has 2 bridgehead atoms. The summed E-state index contributed by atoms with van der Waals surface area (Å²) < 4.78 is 20.1. The molecule has 2 heterocycles. The van der Waals surface area contributed by atoms with Gasteiger partial charge in [-0.1, -0.05) is 42.0 Å². The summed E-state index contributed by atoms with van der Waals surface area (Å²) in [5.74, 6) is -0.654. The fourth-order valence-corrected chi connectivity index (χ4v) is 5.92. The van der Waals surface area contributed by atoms with Crippen LogP contribution in [0, 0.1) is 24.1 Å². The molecule has 0 aromatic heterocycles. The molecule has 2 aliphatic rings. The van der Waals surface area contributed by atoms with E-state index in [0.29, 0.717) is 24.0 Å². The summed E-state index contributed by atoms with van der Waals surface area (Å²) in [5, 5.41) is 12.2. The summed E-state index contributed by atoms with van der Waals surface area (Å²) in [4.78, 5) is 28.2. The Morgan fingerprint density at radius 3 is 2.20 bits per heavy atom. The van der Waals surface area contributed by atoms with Crippen molar-refractivity contribution < 1.29 is 18.7 Å². The van der Waals surface area contributed by atoms with Crippen LogP contribution in [0.3, 0.4) is 0 Å². The Bertz CT molecular complexity index is 1470. The second-order valence-corrected chi connectivity index (χ2v) is 11.8. The summed E-state index contributed by atoms with van der Waals surface area (Å²) in [6.07, 6.45) is 2.70. The predicted molar refractivity (Wildman–Crippen MR) is 152 cm³/mol. The molecule has 6 nitrogen and oxygen atoms in total. The molecule has 0 aliphatic carbocycles. The van der Waals surface area contributed by atoms with Crippen LogP contribution < -0.4 is 5.32 Å². The quantitative estimate of drug-likeness (QED) is 0.387. The van der Waals surface area contributed by atoms with E-state index in [2.05, 4.69) is 5.32 Å². The largest absolute Gasteiger partial charge is 0.444 e. The minimum Gasteiger partial charge on any atom is -0.444 e. The fraction of sp³-hybridized carbons (Fsp3) is 0.364. The van der Waals surface area contributed by atoms with Crippen molar-refractivity contribution in [2.24, 2.45) is 0 Å². The molecule has 2 unspecified atom stereocenters. The number of benzene rings is 3. The van der Waals surface area contributed by atoms with Crippen LogP contribution in [0.1, 0.15) is 67.9 Å². The lowest BCUT2D eigenvalue weighted by molar-refractivity contribution is 0.0418. The number of aryl methyl sites for hydroxylation is 1. The number of carbonyl (C=O) groups excluding carboxylic acids is 2. The van der Waals surface area contributed by atoms with Crippen molar-refractivity contribution >= 4 is 12.0 Å². The molecule has 1 N–H and O–H groups in total. The maximum Gasteiger partial charge on any atom is 0.407 e. The maximum atomic E-state index is 14.7. The van der Waals surface area contributed by atoms with Crippen LogP contribution in [-0.2, 0) is 4.74 Å². The van der Waals surface area contributed by atoms with Gasteiger partial charge in [-0.3, -0.25) is 4.79 Å². The van der Waals surface area contributed by atoms with Crippen LogP contribution >= 0.6 is 0 Å². The highest BCUT2D eigenvalue weighted by Crippen LogP contribution is 2.39. The zero-order valence-electron chi connectivity index (χ0n) is 23.3. The number of halogens is 1. The highest BCUT2D eigenvalue weighted by atomic mass is 19.1. The molecular weight excluding hydrogens is 505 g/mol. The number of nitrogens with zero attached hydrogens (tertiary/aromatic N) is 2. The van der Waals surface area contributed by atoms with Gasteiger partial charge in [0.1, 0.15) is 17.5 Å². The smallest absolute Gasteiger partial charge is 0.407 e. The van der Waals surface area contributed by atoms with Gasteiger partial charge < -0.3 is 15.0 Å². The Morgan fingerprint density at radius 1 is 0.950 bits per heavy atom. The Labute approximate surface area is 234 Å². The first-order valence-electron chi connectivity index (χ1n) is 13.8. The number of ether oxygens (including phenoxy) is 1. The second kappa shape index (κ2) is 10.8. The van der Waals surface area contributed by atoms with Crippen LogP contribution in [0.15, 0.2) is 60.7 Å². The average molecular weight is 540 g/mol. The van der Waals surface area contributed by atoms with Crippen LogP contribution in [0.2, 0.25) is 0 Å². The van der Waals surface area contributed by atoms with Crippen LogP contribution in [0.4, 0.5) is 9.18 Å². The number of alkyl carbamates (subject to hydrolysis) is 1. The Balaban J connectivity index is 1.44. The van der Waals surface area contributed by atoms with Crippen molar-refractivity contribution in [2.75, 3.05) is 0 Å². The Kier molecular flexibility index (Phi) is 7.37. The molecule has 7 heteroatoms. The molecule has 0 saturated carbocycles. The van der Waals surface area contributed by atoms with Gasteiger partial charge in [-0.2, -0.15) is 5.26 Å². The molecule has 2 fully saturated rings. The average Bonchev–Trinajstić information content (AvgIpc) is 3.17. The number of rotatable bonds is 4. The van der Waals surface area contributed by atoms with E-state index in [1.807, 2.05) is 81.1 Å². The first-order chi connectivity index (χ1) is 19.0.